The number of benzene rings is 2. The van der Waals surface area contributed by atoms with Crippen molar-refractivity contribution in [3.05, 3.63) is 95.8 Å². The first-order chi connectivity index (χ1) is 11.5. The molecule has 0 saturated heterocycles. The summed E-state index contributed by atoms with van der Waals surface area (Å²) in [6.07, 6.45) is 6.10. The number of allylic oxidation sites excluding steroid dienone is 3. The van der Waals surface area contributed by atoms with Gasteiger partial charge in [-0.05, 0) is 47.4 Å². The quantitative estimate of drug-likeness (QED) is 0.826. The Morgan fingerprint density at radius 3 is 2.54 bits per heavy atom. The molecule has 1 aliphatic heterocycles. The zero-order valence-electron chi connectivity index (χ0n) is 13.5. The van der Waals surface area contributed by atoms with Gasteiger partial charge in [0.2, 0.25) is 0 Å². The maximum atomic E-state index is 10.9. The van der Waals surface area contributed by atoms with E-state index in [4.69, 9.17) is 4.55 Å². The summed E-state index contributed by atoms with van der Waals surface area (Å²) in [6.45, 7) is 6.18. The summed E-state index contributed by atoms with van der Waals surface area (Å²) in [7, 11) is 0. The molecule has 0 saturated carbocycles. The summed E-state index contributed by atoms with van der Waals surface area (Å²) in [5, 5.41) is 0. The number of aryl methyl sites for hydroxylation is 1. The van der Waals surface area contributed by atoms with Crippen LogP contribution in [0.4, 0.5) is 5.69 Å². The smallest absolute Gasteiger partial charge is 0.157 e. The lowest BCUT2D eigenvalue weighted by Gasteiger charge is -2.26. The standard InChI is InChI=1S/C20H19NO2S/c1-15-4-3-5-20(12-15)21-13-19(9-6-16(21)2)18-10-7-17(8-11-18)14-24(22)23/h3-13H,2,14H2,1H3,(H,22,23). The van der Waals surface area contributed by atoms with Crippen LogP contribution in [-0.4, -0.2) is 8.76 Å². The lowest BCUT2D eigenvalue weighted by atomic mass is 10.0. The highest BCUT2D eigenvalue weighted by molar-refractivity contribution is 7.78. The van der Waals surface area contributed by atoms with Crippen LogP contribution >= 0.6 is 0 Å². The minimum absolute atomic E-state index is 0.154. The summed E-state index contributed by atoms with van der Waals surface area (Å²) in [5.74, 6) is 0.154. The summed E-state index contributed by atoms with van der Waals surface area (Å²) >= 11 is -1.81. The Balaban J connectivity index is 1.90. The van der Waals surface area contributed by atoms with Crippen molar-refractivity contribution in [2.75, 3.05) is 4.90 Å². The molecule has 1 unspecified atom stereocenters. The second kappa shape index (κ2) is 6.99. The van der Waals surface area contributed by atoms with Gasteiger partial charge in [0.05, 0.1) is 5.75 Å². The molecule has 2 aromatic rings. The minimum atomic E-state index is -1.81. The first-order valence-electron chi connectivity index (χ1n) is 7.64. The van der Waals surface area contributed by atoms with Crippen LogP contribution in [0.3, 0.4) is 0 Å². The Morgan fingerprint density at radius 1 is 1.12 bits per heavy atom. The molecule has 1 aliphatic rings. The van der Waals surface area contributed by atoms with E-state index in [2.05, 4.69) is 42.8 Å². The molecule has 1 N–H and O–H groups in total. The first-order valence-corrected chi connectivity index (χ1v) is 8.92. The fraction of sp³-hybridized carbons (Fsp3) is 0.100. The Kier molecular flexibility index (Phi) is 4.79. The van der Waals surface area contributed by atoms with Gasteiger partial charge in [0.25, 0.3) is 0 Å². The molecule has 0 aliphatic carbocycles. The van der Waals surface area contributed by atoms with E-state index < -0.39 is 11.1 Å². The van der Waals surface area contributed by atoms with Crippen molar-refractivity contribution < 1.29 is 8.76 Å². The maximum Gasteiger partial charge on any atom is 0.157 e. The molecule has 0 fully saturated rings. The molecule has 0 radical (unpaired) electrons. The van der Waals surface area contributed by atoms with E-state index >= 15 is 0 Å². The molecule has 24 heavy (non-hydrogen) atoms. The highest BCUT2D eigenvalue weighted by Crippen LogP contribution is 2.29. The third kappa shape index (κ3) is 3.72. The zero-order chi connectivity index (χ0) is 17.1. The van der Waals surface area contributed by atoms with Gasteiger partial charge in [-0.25, -0.2) is 4.21 Å². The minimum Gasteiger partial charge on any atom is -0.317 e. The molecule has 4 heteroatoms. The van der Waals surface area contributed by atoms with Gasteiger partial charge in [-0.2, -0.15) is 0 Å². The van der Waals surface area contributed by atoms with Gasteiger partial charge in [0.1, 0.15) is 0 Å². The van der Waals surface area contributed by atoms with Crippen molar-refractivity contribution in [1.29, 1.82) is 0 Å². The number of nitrogens with zero attached hydrogens (tertiary/aromatic N) is 1. The molecule has 0 aromatic heterocycles. The van der Waals surface area contributed by atoms with Gasteiger partial charge in [-0.3, -0.25) is 0 Å². The number of hydrogen-bond donors (Lipinski definition) is 1. The highest BCUT2D eigenvalue weighted by Gasteiger charge is 2.12. The van der Waals surface area contributed by atoms with Crippen molar-refractivity contribution in [2.24, 2.45) is 0 Å². The van der Waals surface area contributed by atoms with Gasteiger partial charge < -0.3 is 9.45 Å². The Labute approximate surface area is 144 Å². The molecule has 2 aromatic carbocycles. The van der Waals surface area contributed by atoms with E-state index in [1.54, 1.807) is 0 Å². The fourth-order valence-corrected chi connectivity index (χ4v) is 3.13. The van der Waals surface area contributed by atoms with Crippen LogP contribution < -0.4 is 4.90 Å². The Hall–Kier alpha value is -2.43. The van der Waals surface area contributed by atoms with Crippen LogP contribution in [0.1, 0.15) is 16.7 Å². The van der Waals surface area contributed by atoms with Gasteiger partial charge in [0.15, 0.2) is 11.1 Å². The third-order valence-corrected chi connectivity index (χ3v) is 4.47. The molecular formula is C20H19NO2S. The Bertz CT molecular complexity index is 850. The van der Waals surface area contributed by atoms with E-state index in [-0.39, 0.29) is 5.75 Å². The van der Waals surface area contributed by atoms with Gasteiger partial charge in [-0.1, -0.05) is 49.1 Å². The summed E-state index contributed by atoms with van der Waals surface area (Å²) in [4.78, 5) is 2.07. The fourth-order valence-electron chi connectivity index (χ4n) is 2.66. The predicted octanol–water partition coefficient (Wildman–Crippen LogP) is 4.65. The number of rotatable bonds is 4. The molecule has 0 spiro atoms. The van der Waals surface area contributed by atoms with Crippen LogP contribution in [0.25, 0.3) is 5.57 Å². The molecule has 3 rings (SSSR count). The van der Waals surface area contributed by atoms with Gasteiger partial charge >= 0.3 is 0 Å². The normalized spacial score (nSPS) is 15.3. The van der Waals surface area contributed by atoms with E-state index in [1.165, 1.54) is 5.56 Å². The lowest BCUT2D eigenvalue weighted by molar-refractivity contribution is 0.563. The average Bonchev–Trinajstić information content (AvgIpc) is 2.55. The topological polar surface area (TPSA) is 40.5 Å². The monoisotopic (exact) mass is 337 g/mol. The Morgan fingerprint density at radius 2 is 1.88 bits per heavy atom. The van der Waals surface area contributed by atoms with Gasteiger partial charge in [-0.15, -0.1) is 0 Å². The van der Waals surface area contributed by atoms with Crippen LogP contribution in [0.15, 0.2) is 79.2 Å². The van der Waals surface area contributed by atoms with Gasteiger partial charge in [0, 0.05) is 17.6 Å². The van der Waals surface area contributed by atoms with E-state index in [1.807, 2.05) is 42.5 Å². The number of anilines is 1. The van der Waals surface area contributed by atoms with E-state index in [9.17, 15) is 4.21 Å². The van der Waals surface area contributed by atoms with Crippen LogP contribution in [0.2, 0.25) is 0 Å². The van der Waals surface area contributed by atoms with E-state index in [0.29, 0.717) is 0 Å². The van der Waals surface area contributed by atoms with Crippen molar-refractivity contribution in [2.45, 2.75) is 12.7 Å². The second-order valence-electron chi connectivity index (χ2n) is 5.78. The predicted molar refractivity (Wildman–Crippen MR) is 101 cm³/mol. The summed E-state index contributed by atoms with van der Waals surface area (Å²) in [6, 6.07) is 16.0. The number of hydrogen-bond acceptors (Lipinski definition) is 2. The van der Waals surface area contributed by atoms with E-state index in [0.717, 1.165) is 28.1 Å². The molecule has 0 bridgehead atoms. The van der Waals surface area contributed by atoms with Crippen LogP contribution in [0.5, 0.6) is 0 Å². The second-order valence-corrected chi connectivity index (χ2v) is 6.71. The van der Waals surface area contributed by atoms with Crippen molar-refractivity contribution in [3.63, 3.8) is 0 Å². The van der Waals surface area contributed by atoms with Crippen LogP contribution in [0, 0.1) is 6.92 Å². The molecule has 1 heterocycles. The maximum absolute atomic E-state index is 10.9. The largest absolute Gasteiger partial charge is 0.317 e. The van der Waals surface area contributed by atoms with Crippen molar-refractivity contribution in [3.8, 4) is 0 Å². The van der Waals surface area contributed by atoms with Crippen molar-refractivity contribution in [1.82, 2.24) is 0 Å². The first kappa shape index (κ1) is 16.4. The van der Waals surface area contributed by atoms with Crippen LogP contribution in [-0.2, 0) is 16.8 Å². The molecule has 0 amide bonds. The SMILES string of the molecule is C=C1C=CC(c2ccc(CS(=O)O)cc2)=CN1c1cccc(C)c1. The molecule has 122 valence electrons. The zero-order valence-corrected chi connectivity index (χ0v) is 14.3. The third-order valence-electron chi connectivity index (χ3n) is 3.89. The molecular weight excluding hydrogens is 318 g/mol. The summed E-state index contributed by atoms with van der Waals surface area (Å²) in [5.41, 5.74) is 6.17. The average molecular weight is 337 g/mol. The summed E-state index contributed by atoms with van der Waals surface area (Å²) < 4.78 is 19.9. The molecule has 3 nitrogen and oxygen atoms in total. The lowest BCUT2D eigenvalue weighted by Crippen LogP contribution is -2.16. The van der Waals surface area contributed by atoms with Crippen molar-refractivity contribution >= 4 is 22.3 Å². The highest BCUT2D eigenvalue weighted by atomic mass is 32.2. The molecule has 1 atom stereocenters.